The molecule has 18 heavy (non-hydrogen) atoms. The van der Waals surface area contributed by atoms with E-state index in [0.717, 1.165) is 19.4 Å². The number of amides is 1. The first kappa shape index (κ1) is 12.4. The van der Waals surface area contributed by atoms with Crippen LogP contribution in [0.4, 0.5) is 0 Å². The molecule has 102 valence electrons. The third-order valence-electron chi connectivity index (χ3n) is 4.74. The number of nitrogens with one attached hydrogen (secondary N) is 1. The van der Waals surface area contributed by atoms with E-state index in [1.165, 1.54) is 32.4 Å². The van der Waals surface area contributed by atoms with E-state index in [-0.39, 0.29) is 11.7 Å². The van der Waals surface area contributed by atoms with Crippen LogP contribution in [0.1, 0.15) is 46.0 Å². The molecule has 2 unspecified atom stereocenters. The van der Waals surface area contributed by atoms with Crippen molar-refractivity contribution in [2.24, 2.45) is 0 Å². The lowest BCUT2D eigenvalue weighted by Gasteiger charge is -2.34. The average Bonchev–Trinajstić information content (AvgIpc) is 3.06. The van der Waals surface area contributed by atoms with E-state index < -0.39 is 0 Å². The summed E-state index contributed by atoms with van der Waals surface area (Å²) in [5, 5.41) is 3.48. The zero-order valence-electron chi connectivity index (χ0n) is 11.6. The molecule has 1 N–H and O–H groups in total. The Morgan fingerprint density at radius 1 is 1.33 bits per heavy atom. The smallest absolute Gasteiger partial charge is 0.244 e. The maximum atomic E-state index is 12.4. The van der Waals surface area contributed by atoms with Crippen LogP contribution in [0.25, 0.3) is 0 Å². The Bertz CT molecular complexity index is 334. The molecule has 4 heteroatoms. The molecule has 0 aromatic heterocycles. The molecule has 1 amide bonds. The summed E-state index contributed by atoms with van der Waals surface area (Å²) >= 11 is 0. The molecular weight excluding hydrogens is 226 g/mol. The van der Waals surface area contributed by atoms with Crippen molar-refractivity contribution in [2.75, 3.05) is 19.6 Å². The molecule has 2 aliphatic heterocycles. The van der Waals surface area contributed by atoms with Gasteiger partial charge in [0.25, 0.3) is 0 Å². The minimum absolute atomic E-state index is 0.157. The molecule has 3 fully saturated rings. The highest BCUT2D eigenvalue weighted by Crippen LogP contribution is 2.42. The highest BCUT2D eigenvalue weighted by Gasteiger charge is 2.58. The van der Waals surface area contributed by atoms with Gasteiger partial charge in [0, 0.05) is 12.6 Å². The fourth-order valence-corrected chi connectivity index (χ4v) is 3.62. The minimum Gasteiger partial charge on any atom is -0.322 e. The molecule has 0 radical (unpaired) electrons. The van der Waals surface area contributed by atoms with Crippen LogP contribution in [0, 0.1) is 0 Å². The fourth-order valence-electron chi connectivity index (χ4n) is 3.62. The maximum absolute atomic E-state index is 12.4. The Kier molecular flexibility index (Phi) is 3.10. The molecule has 0 aromatic carbocycles. The Morgan fingerprint density at radius 3 is 2.56 bits per heavy atom. The Labute approximate surface area is 110 Å². The predicted octanol–water partition coefficient (Wildman–Crippen LogP) is 1.17. The molecule has 0 aromatic rings. The molecule has 3 aliphatic rings. The Hall–Kier alpha value is -0.610. The topological polar surface area (TPSA) is 35.6 Å². The standard InChI is InChI=1S/C14H25N3O/c1-11(10-16-8-4-3-5-9-16)17-12(2)15-14(6-7-14)13(17)18/h11-12,15H,3-10H2,1-2H3. The Balaban J connectivity index is 1.61. The van der Waals surface area contributed by atoms with Crippen molar-refractivity contribution in [3.63, 3.8) is 0 Å². The molecule has 3 rings (SSSR count). The molecule has 2 heterocycles. The lowest BCUT2D eigenvalue weighted by atomic mass is 10.1. The molecule has 1 spiro atoms. The van der Waals surface area contributed by atoms with E-state index in [4.69, 9.17) is 0 Å². The molecule has 4 nitrogen and oxygen atoms in total. The van der Waals surface area contributed by atoms with Crippen LogP contribution < -0.4 is 5.32 Å². The summed E-state index contributed by atoms with van der Waals surface area (Å²) in [4.78, 5) is 17.0. The second-order valence-electron chi connectivity index (χ2n) is 6.33. The quantitative estimate of drug-likeness (QED) is 0.818. The number of hydrogen-bond acceptors (Lipinski definition) is 3. The van der Waals surface area contributed by atoms with Crippen LogP contribution in [0.5, 0.6) is 0 Å². The van der Waals surface area contributed by atoms with Crippen LogP contribution in [0.2, 0.25) is 0 Å². The number of likely N-dealkylation sites (tertiary alicyclic amines) is 1. The van der Waals surface area contributed by atoms with Gasteiger partial charge < -0.3 is 9.80 Å². The Morgan fingerprint density at radius 2 is 2.00 bits per heavy atom. The SMILES string of the molecule is CC(CN1CCCCC1)N1C(=O)C2(CC2)NC1C. The molecular formula is C14H25N3O. The van der Waals surface area contributed by atoms with Crippen molar-refractivity contribution in [1.29, 1.82) is 0 Å². The lowest BCUT2D eigenvalue weighted by Crippen LogP contribution is -2.48. The van der Waals surface area contributed by atoms with Gasteiger partial charge in [-0.15, -0.1) is 0 Å². The van der Waals surface area contributed by atoms with Gasteiger partial charge in [0.15, 0.2) is 0 Å². The molecule has 0 bridgehead atoms. The fraction of sp³-hybridized carbons (Fsp3) is 0.929. The molecule has 2 saturated heterocycles. The van der Waals surface area contributed by atoms with E-state index in [9.17, 15) is 4.79 Å². The summed E-state index contributed by atoms with van der Waals surface area (Å²) in [6.07, 6.45) is 6.28. The van der Waals surface area contributed by atoms with Crippen LogP contribution in [0.3, 0.4) is 0 Å². The van der Waals surface area contributed by atoms with Crippen LogP contribution in [-0.4, -0.2) is 53.1 Å². The predicted molar refractivity (Wildman–Crippen MR) is 71.2 cm³/mol. The van der Waals surface area contributed by atoms with Gasteiger partial charge in [0.05, 0.1) is 11.7 Å². The lowest BCUT2D eigenvalue weighted by molar-refractivity contribution is -0.132. The largest absolute Gasteiger partial charge is 0.322 e. The van der Waals surface area contributed by atoms with Gasteiger partial charge >= 0.3 is 0 Å². The number of nitrogens with zero attached hydrogens (tertiary/aromatic N) is 2. The minimum atomic E-state index is -0.157. The number of carbonyl (C=O) groups is 1. The van der Waals surface area contributed by atoms with E-state index >= 15 is 0 Å². The van der Waals surface area contributed by atoms with E-state index in [1.54, 1.807) is 0 Å². The average molecular weight is 251 g/mol. The second-order valence-corrected chi connectivity index (χ2v) is 6.33. The summed E-state index contributed by atoms with van der Waals surface area (Å²) in [5.41, 5.74) is -0.157. The first-order valence-electron chi connectivity index (χ1n) is 7.45. The number of rotatable bonds is 3. The van der Waals surface area contributed by atoms with Gasteiger partial charge in [-0.25, -0.2) is 0 Å². The number of piperidine rings is 1. The van der Waals surface area contributed by atoms with Gasteiger partial charge in [0.2, 0.25) is 5.91 Å². The third kappa shape index (κ3) is 2.05. The van der Waals surface area contributed by atoms with Crippen molar-refractivity contribution < 1.29 is 4.79 Å². The van der Waals surface area contributed by atoms with Crippen LogP contribution in [0.15, 0.2) is 0 Å². The molecule has 2 atom stereocenters. The summed E-state index contributed by atoms with van der Waals surface area (Å²) < 4.78 is 0. The summed E-state index contributed by atoms with van der Waals surface area (Å²) in [5.74, 6) is 0.347. The summed E-state index contributed by atoms with van der Waals surface area (Å²) in [6, 6.07) is 0.332. The van der Waals surface area contributed by atoms with Gasteiger partial charge in [-0.3, -0.25) is 10.1 Å². The zero-order chi connectivity index (χ0) is 12.8. The third-order valence-corrected chi connectivity index (χ3v) is 4.74. The highest BCUT2D eigenvalue weighted by atomic mass is 16.2. The maximum Gasteiger partial charge on any atom is 0.244 e. The van der Waals surface area contributed by atoms with E-state index in [2.05, 4.69) is 29.0 Å². The van der Waals surface area contributed by atoms with Gasteiger partial charge in [-0.05, 0) is 52.6 Å². The molecule has 1 saturated carbocycles. The van der Waals surface area contributed by atoms with Gasteiger partial charge in [-0.2, -0.15) is 0 Å². The summed E-state index contributed by atoms with van der Waals surface area (Å²) in [7, 11) is 0. The zero-order valence-corrected chi connectivity index (χ0v) is 11.6. The highest BCUT2D eigenvalue weighted by molar-refractivity contribution is 5.92. The van der Waals surface area contributed by atoms with Crippen molar-refractivity contribution in [2.45, 2.75) is 63.7 Å². The van der Waals surface area contributed by atoms with Gasteiger partial charge in [0.1, 0.15) is 0 Å². The number of hydrogen-bond donors (Lipinski definition) is 1. The normalized spacial score (nSPS) is 33.1. The first-order chi connectivity index (χ1) is 8.62. The number of carbonyl (C=O) groups excluding carboxylic acids is 1. The van der Waals surface area contributed by atoms with E-state index in [1.807, 2.05) is 0 Å². The van der Waals surface area contributed by atoms with Crippen LogP contribution >= 0.6 is 0 Å². The van der Waals surface area contributed by atoms with Gasteiger partial charge in [-0.1, -0.05) is 6.42 Å². The van der Waals surface area contributed by atoms with Crippen molar-refractivity contribution in [3.05, 3.63) is 0 Å². The van der Waals surface area contributed by atoms with Crippen molar-refractivity contribution >= 4 is 5.91 Å². The van der Waals surface area contributed by atoms with Crippen LogP contribution in [-0.2, 0) is 4.79 Å². The second kappa shape index (κ2) is 4.49. The first-order valence-corrected chi connectivity index (χ1v) is 7.45. The van der Waals surface area contributed by atoms with Crippen molar-refractivity contribution in [3.8, 4) is 0 Å². The van der Waals surface area contributed by atoms with E-state index in [0.29, 0.717) is 11.9 Å². The monoisotopic (exact) mass is 251 g/mol. The van der Waals surface area contributed by atoms with Crippen molar-refractivity contribution in [1.82, 2.24) is 15.1 Å². The molecule has 1 aliphatic carbocycles. The summed E-state index contributed by atoms with van der Waals surface area (Å²) in [6.45, 7) is 7.77.